The Morgan fingerprint density at radius 1 is 1.21 bits per heavy atom. The van der Waals surface area contributed by atoms with Gasteiger partial charge in [0, 0.05) is 18.1 Å². The summed E-state index contributed by atoms with van der Waals surface area (Å²) < 4.78 is 5.07. The van der Waals surface area contributed by atoms with Gasteiger partial charge in [-0.3, -0.25) is 9.59 Å². The van der Waals surface area contributed by atoms with E-state index in [1.54, 1.807) is 12.1 Å². The molecule has 148 valence electrons. The number of fused-ring (bicyclic) bond motifs is 1. The third-order valence-corrected chi connectivity index (χ3v) is 5.70. The third kappa shape index (κ3) is 3.97. The molecule has 0 unspecified atom stereocenters. The van der Waals surface area contributed by atoms with Crippen LogP contribution in [0.15, 0.2) is 58.5 Å². The zero-order valence-corrected chi connectivity index (χ0v) is 16.5. The average Bonchev–Trinajstić information content (AvgIpc) is 2.72. The molecular weight excluding hydrogens is 390 g/mol. The van der Waals surface area contributed by atoms with Crippen LogP contribution in [0.1, 0.15) is 29.0 Å². The molecule has 0 bridgehead atoms. The molecule has 0 saturated heterocycles. The Hall–Kier alpha value is -3.26. The fraction of sp³-hybridized carbons (Fsp3) is 0.190. The van der Waals surface area contributed by atoms with Crippen LogP contribution in [0.2, 0.25) is 0 Å². The Labute approximate surface area is 171 Å². The number of thioether (sulfide) groups is 1. The van der Waals surface area contributed by atoms with E-state index in [1.165, 1.54) is 24.9 Å². The van der Waals surface area contributed by atoms with Gasteiger partial charge in [0.25, 0.3) is 5.56 Å². The number of anilines is 1. The van der Waals surface area contributed by atoms with Gasteiger partial charge in [-0.1, -0.05) is 48.2 Å². The number of hydrogen-bond acceptors (Lipinski definition) is 6. The molecule has 8 heteroatoms. The van der Waals surface area contributed by atoms with Crippen LogP contribution in [0.3, 0.4) is 0 Å². The van der Waals surface area contributed by atoms with Gasteiger partial charge in [-0.15, -0.1) is 0 Å². The second-order valence-electron chi connectivity index (χ2n) is 6.64. The number of carbonyl (C=O) groups is 1. The van der Waals surface area contributed by atoms with Crippen LogP contribution in [-0.4, -0.2) is 28.1 Å². The summed E-state index contributed by atoms with van der Waals surface area (Å²) >= 11 is 1.39. The summed E-state index contributed by atoms with van der Waals surface area (Å²) in [5.74, 6) is 0.466. The Balaban J connectivity index is 1.67. The molecule has 1 aliphatic heterocycles. The van der Waals surface area contributed by atoms with Crippen molar-refractivity contribution in [3.05, 3.63) is 75.6 Å². The maximum atomic E-state index is 12.8. The first-order chi connectivity index (χ1) is 14.0. The third-order valence-electron chi connectivity index (χ3n) is 4.75. The second kappa shape index (κ2) is 8.00. The molecule has 1 aromatic heterocycles. The number of benzene rings is 2. The van der Waals surface area contributed by atoms with E-state index in [0.717, 1.165) is 5.56 Å². The van der Waals surface area contributed by atoms with Gasteiger partial charge in [-0.05, 0) is 23.3 Å². The molecule has 0 aliphatic carbocycles. The molecule has 0 spiro atoms. The van der Waals surface area contributed by atoms with Crippen molar-refractivity contribution in [2.75, 3.05) is 12.4 Å². The van der Waals surface area contributed by atoms with Gasteiger partial charge < -0.3 is 20.1 Å². The molecular formula is C21H19N3O4S. The lowest BCUT2D eigenvalue weighted by molar-refractivity contribution is -0.116. The molecule has 7 nitrogen and oxygen atoms in total. The zero-order valence-electron chi connectivity index (χ0n) is 15.6. The van der Waals surface area contributed by atoms with Gasteiger partial charge in [0.15, 0.2) is 16.7 Å². The van der Waals surface area contributed by atoms with Gasteiger partial charge in [0.05, 0.1) is 12.7 Å². The van der Waals surface area contributed by atoms with Gasteiger partial charge in [0.2, 0.25) is 5.91 Å². The SMILES string of the molecule is COc1ccc([C@H]2CC(=O)Nc3nc(SCc4ccccc4)[nH]c(=O)c32)cc1O. The number of methoxy groups -OCH3 is 1. The normalized spacial score (nSPS) is 15.5. The number of nitrogens with zero attached hydrogens (tertiary/aromatic N) is 1. The largest absolute Gasteiger partial charge is 0.504 e. The Kier molecular flexibility index (Phi) is 5.26. The summed E-state index contributed by atoms with van der Waals surface area (Å²) in [7, 11) is 1.46. The van der Waals surface area contributed by atoms with Crippen molar-refractivity contribution in [2.24, 2.45) is 0 Å². The Morgan fingerprint density at radius 3 is 2.72 bits per heavy atom. The number of carbonyl (C=O) groups excluding carboxylic acids is 1. The quantitative estimate of drug-likeness (QED) is 0.441. The molecule has 1 amide bonds. The number of rotatable bonds is 5. The Bertz CT molecular complexity index is 1110. The molecule has 3 N–H and O–H groups in total. The average molecular weight is 409 g/mol. The van der Waals surface area contributed by atoms with Crippen molar-refractivity contribution < 1.29 is 14.6 Å². The first-order valence-corrected chi connectivity index (χ1v) is 10.0. The maximum Gasteiger partial charge on any atom is 0.257 e. The molecule has 0 radical (unpaired) electrons. The highest BCUT2D eigenvalue weighted by Gasteiger charge is 2.31. The standard InChI is InChI=1S/C21H19N3O4S/c1-28-16-8-7-13(9-15(16)25)14-10-17(26)22-19-18(14)20(27)24-21(23-19)29-11-12-5-3-2-4-6-12/h2-9,14,25H,10-11H2,1H3,(H2,22,23,24,26,27)/t14-/m1/s1. The van der Waals surface area contributed by atoms with E-state index < -0.39 is 5.92 Å². The number of nitrogens with one attached hydrogen (secondary N) is 2. The summed E-state index contributed by atoms with van der Waals surface area (Å²) in [6, 6.07) is 14.7. The van der Waals surface area contributed by atoms with Crippen molar-refractivity contribution in [1.29, 1.82) is 0 Å². The van der Waals surface area contributed by atoms with E-state index >= 15 is 0 Å². The van der Waals surface area contributed by atoms with Crippen LogP contribution >= 0.6 is 11.8 Å². The molecule has 4 rings (SSSR count). The summed E-state index contributed by atoms with van der Waals surface area (Å²) in [4.78, 5) is 32.4. The number of aromatic nitrogens is 2. The van der Waals surface area contributed by atoms with E-state index in [1.807, 2.05) is 30.3 Å². The molecule has 1 aliphatic rings. The molecule has 0 saturated carbocycles. The predicted molar refractivity (Wildman–Crippen MR) is 111 cm³/mol. The molecule has 3 aromatic rings. The minimum atomic E-state index is -0.500. The minimum absolute atomic E-state index is 0.0445. The number of ether oxygens (including phenoxy) is 1. The predicted octanol–water partition coefficient (Wildman–Crippen LogP) is 3.25. The first kappa shape index (κ1) is 19.1. The van der Waals surface area contributed by atoms with E-state index in [9.17, 15) is 14.7 Å². The van der Waals surface area contributed by atoms with E-state index in [2.05, 4.69) is 15.3 Å². The smallest absolute Gasteiger partial charge is 0.257 e. The molecule has 2 heterocycles. The van der Waals surface area contributed by atoms with E-state index in [4.69, 9.17) is 4.74 Å². The molecule has 0 fully saturated rings. The summed E-state index contributed by atoms with van der Waals surface area (Å²) in [5, 5.41) is 13.2. The molecule has 1 atom stereocenters. The van der Waals surface area contributed by atoms with E-state index in [0.29, 0.717) is 27.8 Å². The highest BCUT2D eigenvalue weighted by molar-refractivity contribution is 7.98. The van der Waals surface area contributed by atoms with Crippen molar-refractivity contribution in [2.45, 2.75) is 23.2 Å². The van der Waals surface area contributed by atoms with Crippen LogP contribution in [0.5, 0.6) is 11.5 Å². The number of phenols is 1. The highest BCUT2D eigenvalue weighted by Crippen LogP contribution is 2.38. The van der Waals surface area contributed by atoms with Gasteiger partial charge >= 0.3 is 0 Å². The van der Waals surface area contributed by atoms with Crippen LogP contribution in [0, 0.1) is 0 Å². The van der Waals surface area contributed by atoms with Gasteiger partial charge in [-0.2, -0.15) is 0 Å². The number of aromatic amines is 1. The van der Waals surface area contributed by atoms with E-state index in [-0.39, 0.29) is 29.5 Å². The van der Waals surface area contributed by atoms with Crippen molar-refractivity contribution in [3.8, 4) is 11.5 Å². The number of aromatic hydroxyl groups is 1. The fourth-order valence-electron chi connectivity index (χ4n) is 3.35. The van der Waals surface area contributed by atoms with Crippen LogP contribution < -0.4 is 15.6 Å². The van der Waals surface area contributed by atoms with Crippen LogP contribution in [-0.2, 0) is 10.5 Å². The van der Waals surface area contributed by atoms with Gasteiger partial charge in [0.1, 0.15) is 5.82 Å². The summed E-state index contributed by atoms with van der Waals surface area (Å²) in [5.41, 5.74) is 1.84. The topological polar surface area (TPSA) is 104 Å². The summed E-state index contributed by atoms with van der Waals surface area (Å²) in [6.07, 6.45) is 0.0973. The zero-order chi connectivity index (χ0) is 20.4. The molecule has 2 aromatic carbocycles. The first-order valence-electron chi connectivity index (χ1n) is 9.03. The fourth-order valence-corrected chi connectivity index (χ4v) is 4.17. The van der Waals surface area contributed by atoms with Crippen LogP contribution in [0.4, 0.5) is 5.82 Å². The second-order valence-corrected chi connectivity index (χ2v) is 7.61. The van der Waals surface area contributed by atoms with Gasteiger partial charge in [-0.25, -0.2) is 4.98 Å². The lowest BCUT2D eigenvalue weighted by atomic mass is 9.86. The van der Waals surface area contributed by atoms with Crippen molar-refractivity contribution in [1.82, 2.24) is 9.97 Å². The lowest BCUT2D eigenvalue weighted by Crippen LogP contribution is -2.31. The lowest BCUT2D eigenvalue weighted by Gasteiger charge is -2.24. The maximum absolute atomic E-state index is 12.8. The minimum Gasteiger partial charge on any atom is -0.504 e. The van der Waals surface area contributed by atoms with Crippen molar-refractivity contribution in [3.63, 3.8) is 0 Å². The number of phenolic OH excluding ortho intramolecular Hbond substituents is 1. The highest BCUT2D eigenvalue weighted by atomic mass is 32.2. The number of amides is 1. The monoisotopic (exact) mass is 409 g/mol. The Morgan fingerprint density at radius 2 is 2.00 bits per heavy atom. The number of H-pyrrole nitrogens is 1. The van der Waals surface area contributed by atoms with Crippen molar-refractivity contribution >= 4 is 23.5 Å². The number of hydrogen-bond donors (Lipinski definition) is 3. The molecule has 29 heavy (non-hydrogen) atoms. The van der Waals surface area contributed by atoms with Crippen LogP contribution in [0.25, 0.3) is 0 Å². The summed E-state index contributed by atoms with van der Waals surface area (Å²) in [6.45, 7) is 0.